The van der Waals surface area contributed by atoms with E-state index in [2.05, 4.69) is 48.6 Å². The van der Waals surface area contributed by atoms with E-state index < -0.39 is 0 Å². The van der Waals surface area contributed by atoms with Crippen molar-refractivity contribution in [2.24, 2.45) is 5.92 Å². The summed E-state index contributed by atoms with van der Waals surface area (Å²) >= 11 is 7.12. The molecule has 0 aromatic heterocycles. The summed E-state index contributed by atoms with van der Waals surface area (Å²) in [6, 6.07) is 4.16. The first-order valence-corrected chi connectivity index (χ1v) is 8.81. The zero-order valence-corrected chi connectivity index (χ0v) is 15.0. The molecule has 1 aliphatic rings. The second-order valence-corrected chi connectivity index (χ2v) is 6.90. The number of benzene rings is 1. The average molecular weight is 406 g/mol. The van der Waals surface area contributed by atoms with Gasteiger partial charge in [-0.15, -0.1) is 0 Å². The Balaban J connectivity index is 1.93. The Kier molecular flexibility index (Phi) is 6.81. The fourth-order valence-electron chi connectivity index (χ4n) is 2.55. The van der Waals surface area contributed by atoms with E-state index in [1.54, 1.807) is 0 Å². The maximum Gasteiger partial charge on any atom is 0.138 e. The molecule has 0 unspecified atom stereocenters. The van der Waals surface area contributed by atoms with Crippen molar-refractivity contribution in [3.05, 3.63) is 26.6 Å². The van der Waals surface area contributed by atoms with Crippen LogP contribution in [-0.4, -0.2) is 26.2 Å². The van der Waals surface area contributed by atoms with Crippen LogP contribution in [0.25, 0.3) is 0 Å². The lowest BCUT2D eigenvalue weighted by Gasteiger charge is -2.23. The number of ether oxygens (including phenoxy) is 1. The molecule has 0 aliphatic carbocycles. The molecular formula is C15H22Br2N2O. The van der Waals surface area contributed by atoms with E-state index in [4.69, 9.17) is 4.74 Å². The summed E-state index contributed by atoms with van der Waals surface area (Å²) in [6.07, 6.45) is 2.54. The molecule has 2 N–H and O–H groups in total. The summed E-state index contributed by atoms with van der Waals surface area (Å²) in [4.78, 5) is 0. The van der Waals surface area contributed by atoms with Gasteiger partial charge in [-0.05, 0) is 73.4 Å². The smallest absolute Gasteiger partial charge is 0.138 e. The van der Waals surface area contributed by atoms with Gasteiger partial charge in [0.1, 0.15) is 5.75 Å². The van der Waals surface area contributed by atoms with Gasteiger partial charge in [-0.2, -0.15) is 0 Å². The van der Waals surface area contributed by atoms with Crippen LogP contribution in [0.4, 0.5) is 0 Å². The maximum absolute atomic E-state index is 5.75. The molecule has 0 atom stereocenters. The summed E-state index contributed by atoms with van der Waals surface area (Å²) in [6.45, 7) is 6.93. The molecule has 1 aromatic rings. The predicted octanol–water partition coefficient (Wildman–Crippen LogP) is 3.70. The van der Waals surface area contributed by atoms with E-state index in [9.17, 15) is 0 Å². The average Bonchev–Trinajstić information content (AvgIpc) is 2.43. The van der Waals surface area contributed by atoms with Gasteiger partial charge in [0.2, 0.25) is 0 Å². The lowest BCUT2D eigenvalue weighted by Crippen LogP contribution is -2.33. The third-order valence-corrected chi connectivity index (χ3v) is 4.63. The molecule has 1 fully saturated rings. The van der Waals surface area contributed by atoms with E-state index in [1.807, 2.05) is 13.0 Å². The van der Waals surface area contributed by atoms with Gasteiger partial charge >= 0.3 is 0 Å². The molecule has 0 spiro atoms. The van der Waals surface area contributed by atoms with Crippen LogP contribution in [-0.2, 0) is 6.54 Å². The van der Waals surface area contributed by atoms with Crippen LogP contribution >= 0.6 is 31.9 Å². The third kappa shape index (κ3) is 4.72. The standard InChI is InChI=1S/C15H22Br2N2O/c1-2-20-15-12(7-13(16)8-14(15)17)10-19-9-11-3-5-18-6-4-11/h7-8,11,18-19H,2-6,9-10H2,1H3. The Bertz CT molecular complexity index is 434. The van der Waals surface area contributed by atoms with Gasteiger partial charge in [0.05, 0.1) is 11.1 Å². The van der Waals surface area contributed by atoms with Crippen molar-refractivity contribution in [2.75, 3.05) is 26.2 Å². The van der Waals surface area contributed by atoms with Gasteiger partial charge in [-0.3, -0.25) is 0 Å². The van der Waals surface area contributed by atoms with Gasteiger partial charge in [0.25, 0.3) is 0 Å². The highest BCUT2D eigenvalue weighted by molar-refractivity contribution is 9.11. The minimum Gasteiger partial charge on any atom is -0.492 e. The summed E-state index contributed by atoms with van der Waals surface area (Å²) in [5.41, 5.74) is 1.20. The zero-order valence-electron chi connectivity index (χ0n) is 11.8. The lowest BCUT2D eigenvalue weighted by atomic mass is 9.98. The fourth-order valence-corrected chi connectivity index (χ4v) is 3.98. The Morgan fingerprint density at radius 3 is 2.75 bits per heavy atom. The lowest BCUT2D eigenvalue weighted by molar-refractivity contribution is 0.329. The fraction of sp³-hybridized carbons (Fsp3) is 0.600. The quantitative estimate of drug-likeness (QED) is 0.756. The first kappa shape index (κ1) is 16.3. The van der Waals surface area contributed by atoms with Crippen LogP contribution in [0, 0.1) is 5.92 Å². The van der Waals surface area contributed by atoms with E-state index >= 15 is 0 Å². The van der Waals surface area contributed by atoms with Crippen molar-refractivity contribution in [1.82, 2.24) is 10.6 Å². The molecule has 5 heteroatoms. The molecule has 1 aromatic carbocycles. The SMILES string of the molecule is CCOc1c(Br)cc(Br)cc1CNCC1CCNCC1. The van der Waals surface area contributed by atoms with E-state index in [1.165, 1.54) is 18.4 Å². The van der Waals surface area contributed by atoms with Gasteiger partial charge in [-0.1, -0.05) is 15.9 Å². The normalized spacial score (nSPS) is 16.4. The van der Waals surface area contributed by atoms with Crippen LogP contribution in [0.3, 0.4) is 0 Å². The Hall–Kier alpha value is -0.100. The molecule has 0 radical (unpaired) electrons. The van der Waals surface area contributed by atoms with Gasteiger partial charge in [0.15, 0.2) is 0 Å². The summed E-state index contributed by atoms with van der Waals surface area (Å²) in [7, 11) is 0. The number of hydrogen-bond acceptors (Lipinski definition) is 3. The molecule has 1 aliphatic heterocycles. The molecular weight excluding hydrogens is 384 g/mol. The van der Waals surface area contributed by atoms with Crippen LogP contribution in [0.5, 0.6) is 5.75 Å². The summed E-state index contributed by atoms with van der Waals surface area (Å²) in [5.74, 6) is 1.75. The van der Waals surface area contributed by atoms with Gasteiger partial charge in [0, 0.05) is 16.6 Å². The summed E-state index contributed by atoms with van der Waals surface area (Å²) in [5, 5.41) is 6.98. The molecule has 2 rings (SSSR count). The first-order chi connectivity index (χ1) is 9.70. The molecule has 20 heavy (non-hydrogen) atoms. The summed E-state index contributed by atoms with van der Waals surface area (Å²) < 4.78 is 7.83. The van der Waals surface area contributed by atoms with Crippen molar-refractivity contribution < 1.29 is 4.74 Å². The number of nitrogens with one attached hydrogen (secondary N) is 2. The topological polar surface area (TPSA) is 33.3 Å². The molecule has 0 amide bonds. The van der Waals surface area contributed by atoms with Crippen LogP contribution in [0.2, 0.25) is 0 Å². The van der Waals surface area contributed by atoms with Gasteiger partial charge in [-0.25, -0.2) is 0 Å². The van der Waals surface area contributed by atoms with Crippen molar-refractivity contribution in [3.8, 4) is 5.75 Å². The van der Waals surface area contributed by atoms with Crippen molar-refractivity contribution >= 4 is 31.9 Å². The van der Waals surface area contributed by atoms with E-state index in [0.29, 0.717) is 6.61 Å². The number of piperidine rings is 1. The van der Waals surface area contributed by atoms with Gasteiger partial charge < -0.3 is 15.4 Å². The van der Waals surface area contributed by atoms with Crippen molar-refractivity contribution in [3.63, 3.8) is 0 Å². The van der Waals surface area contributed by atoms with Crippen LogP contribution in [0.1, 0.15) is 25.3 Å². The number of rotatable bonds is 6. The molecule has 0 bridgehead atoms. The third-order valence-electron chi connectivity index (χ3n) is 3.58. The largest absolute Gasteiger partial charge is 0.492 e. The number of halogens is 2. The monoisotopic (exact) mass is 404 g/mol. The molecule has 1 saturated heterocycles. The Morgan fingerprint density at radius 1 is 1.30 bits per heavy atom. The Morgan fingerprint density at radius 2 is 2.05 bits per heavy atom. The predicted molar refractivity (Wildman–Crippen MR) is 90.3 cm³/mol. The highest BCUT2D eigenvalue weighted by atomic mass is 79.9. The highest BCUT2D eigenvalue weighted by Crippen LogP contribution is 2.33. The molecule has 0 saturated carbocycles. The van der Waals surface area contributed by atoms with E-state index in [0.717, 1.165) is 46.8 Å². The van der Waals surface area contributed by atoms with Crippen LogP contribution < -0.4 is 15.4 Å². The molecule has 112 valence electrons. The second-order valence-electron chi connectivity index (χ2n) is 5.13. The van der Waals surface area contributed by atoms with E-state index in [-0.39, 0.29) is 0 Å². The zero-order chi connectivity index (χ0) is 14.4. The molecule has 3 nitrogen and oxygen atoms in total. The maximum atomic E-state index is 5.75. The minimum atomic E-state index is 0.682. The second kappa shape index (κ2) is 8.37. The minimum absolute atomic E-state index is 0.682. The van der Waals surface area contributed by atoms with Crippen molar-refractivity contribution in [2.45, 2.75) is 26.3 Å². The first-order valence-electron chi connectivity index (χ1n) is 7.23. The number of hydrogen-bond donors (Lipinski definition) is 2. The highest BCUT2D eigenvalue weighted by Gasteiger charge is 2.14. The van der Waals surface area contributed by atoms with Crippen molar-refractivity contribution in [1.29, 1.82) is 0 Å². The Labute approximate surface area is 138 Å². The molecule has 1 heterocycles. The van der Waals surface area contributed by atoms with Crippen LogP contribution in [0.15, 0.2) is 21.1 Å².